The van der Waals surface area contributed by atoms with E-state index >= 15 is 0 Å². The minimum Gasteiger partial charge on any atom is -0.756 e. The van der Waals surface area contributed by atoms with Gasteiger partial charge in [-0.2, -0.15) is 0 Å². The Kier molecular flexibility index (Phi) is 2.73. The number of hydrogen-bond donors (Lipinski definition) is 1. The van der Waals surface area contributed by atoms with Gasteiger partial charge in [0.1, 0.15) is 6.54 Å². The quantitative estimate of drug-likeness (QED) is 0.371. The van der Waals surface area contributed by atoms with Crippen LogP contribution in [0.3, 0.4) is 0 Å². The summed E-state index contributed by atoms with van der Waals surface area (Å²) in [6, 6.07) is 0. The summed E-state index contributed by atoms with van der Waals surface area (Å²) in [6.07, 6.45) is 0. The molecule has 0 saturated heterocycles. The maximum atomic E-state index is 10.2. The Labute approximate surface area is 71.2 Å². The van der Waals surface area contributed by atoms with Gasteiger partial charge in [0.05, 0.1) is 16.5 Å². The standard InChI is InChI=1S/C3H6N4O2S2/c8-11(9)6-7(3-10)2-1-4-5-7/h3,6H,1-2H2. The van der Waals surface area contributed by atoms with Gasteiger partial charge in [0.15, 0.2) is 6.54 Å². The molecular formula is C3H6N4O2S2. The Morgan fingerprint density at radius 3 is 2.91 bits per heavy atom. The van der Waals surface area contributed by atoms with E-state index in [1.54, 1.807) is 0 Å². The molecule has 0 bridgehead atoms. The van der Waals surface area contributed by atoms with Gasteiger partial charge in [-0.3, -0.25) is 4.21 Å². The Morgan fingerprint density at radius 2 is 2.55 bits per heavy atom. The summed E-state index contributed by atoms with van der Waals surface area (Å²) >= 11 is 2.23. The van der Waals surface area contributed by atoms with Crippen LogP contribution in [0.25, 0.3) is 0 Å². The fraction of sp³-hybridized carbons (Fsp3) is 0.667. The van der Waals surface area contributed by atoms with Crippen molar-refractivity contribution in [3.63, 3.8) is 0 Å². The van der Waals surface area contributed by atoms with E-state index in [0.717, 1.165) is 0 Å². The predicted octanol–water partition coefficient (Wildman–Crippen LogP) is -0.560. The first-order valence-corrected chi connectivity index (χ1v) is 4.33. The smallest absolute Gasteiger partial charge is 0.210 e. The van der Waals surface area contributed by atoms with Gasteiger partial charge < -0.3 is 4.55 Å². The first-order valence-electron chi connectivity index (χ1n) is 2.79. The molecule has 0 aliphatic carbocycles. The first-order chi connectivity index (χ1) is 5.18. The maximum absolute atomic E-state index is 10.2. The zero-order valence-corrected chi connectivity index (χ0v) is 7.10. The second-order valence-corrected chi connectivity index (χ2v) is 2.80. The zero-order chi connectivity index (χ0) is 8.32. The molecule has 0 aromatic rings. The van der Waals surface area contributed by atoms with Gasteiger partial charge in [-0.05, 0) is 12.2 Å². The van der Waals surface area contributed by atoms with E-state index in [2.05, 4.69) is 27.4 Å². The molecule has 1 heterocycles. The molecule has 0 spiro atoms. The van der Waals surface area contributed by atoms with Crippen LogP contribution in [0.2, 0.25) is 0 Å². The third-order valence-corrected chi connectivity index (χ3v) is 1.98. The number of nitrogens with one attached hydrogen (secondary N) is 1. The minimum absolute atomic E-state index is 0.314. The summed E-state index contributed by atoms with van der Waals surface area (Å²) in [4.78, 5) is 2.14. The summed E-state index contributed by atoms with van der Waals surface area (Å²) in [5.74, 6) is 0. The summed E-state index contributed by atoms with van der Waals surface area (Å²) in [5, 5.41) is 7.25. The van der Waals surface area contributed by atoms with Crippen LogP contribution in [0.5, 0.6) is 0 Å². The average molecular weight is 194 g/mol. The van der Waals surface area contributed by atoms with Crippen LogP contribution in [0.1, 0.15) is 0 Å². The van der Waals surface area contributed by atoms with E-state index in [0.29, 0.717) is 13.1 Å². The third kappa shape index (κ3) is 2.07. The molecule has 1 aliphatic heterocycles. The summed E-state index contributed by atoms with van der Waals surface area (Å²) in [6.45, 7) is 0.925. The second-order valence-electron chi connectivity index (χ2n) is 1.94. The monoisotopic (exact) mass is 194 g/mol. The fourth-order valence-electron chi connectivity index (χ4n) is 0.688. The van der Waals surface area contributed by atoms with E-state index in [1.165, 1.54) is 5.49 Å². The van der Waals surface area contributed by atoms with E-state index in [9.17, 15) is 8.76 Å². The van der Waals surface area contributed by atoms with Gasteiger partial charge >= 0.3 is 0 Å². The SMILES string of the molecule is O=S([O-])N[N+]1(C=S)CCN=N1. The highest BCUT2D eigenvalue weighted by atomic mass is 32.2. The van der Waals surface area contributed by atoms with Crippen LogP contribution in [0.4, 0.5) is 0 Å². The van der Waals surface area contributed by atoms with Crippen molar-refractivity contribution in [3.05, 3.63) is 0 Å². The van der Waals surface area contributed by atoms with Crippen molar-refractivity contribution in [1.82, 2.24) is 4.83 Å². The summed E-state index contributed by atoms with van der Waals surface area (Å²) in [7, 11) is 0. The fourth-order valence-corrected chi connectivity index (χ4v) is 1.39. The van der Waals surface area contributed by atoms with Crippen LogP contribution in [0.15, 0.2) is 10.3 Å². The molecule has 0 amide bonds. The van der Waals surface area contributed by atoms with Crippen molar-refractivity contribution in [2.24, 2.45) is 10.3 Å². The zero-order valence-electron chi connectivity index (χ0n) is 5.47. The van der Waals surface area contributed by atoms with E-state index in [4.69, 9.17) is 0 Å². The normalized spacial score (nSPS) is 32.1. The van der Waals surface area contributed by atoms with Crippen molar-refractivity contribution in [2.45, 2.75) is 0 Å². The molecule has 11 heavy (non-hydrogen) atoms. The minimum atomic E-state index is -2.37. The molecule has 1 rings (SSSR count). The van der Waals surface area contributed by atoms with Gasteiger partial charge in [-0.25, -0.2) is 0 Å². The Morgan fingerprint density at radius 1 is 1.82 bits per heavy atom. The summed E-state index contributed by atoms with van der Waals surface area (Å²) in [5.41, 5.74) is 1.21. The van der Waals surface area contributed by atoms with Crippen LogP contribution in [-0.4, -0.2) is 32.0 Å². The van der Waals surface area contributed by atoms with Gasteiger partial charge in [-0.1, -0.05) is 9.53 Å². The number of hydrogen-bond acceptors (Lipinski definition) is 5. The number of nitrogens with zero attached hydrogens (tertiary/aromatic N) is 3. The van der Waals surface area contributed by atoms with Crippen LogP contribution in [0, 0.1) is 0 Å². The van der Waals surface area contributed by atoms with Gasteiger partial charge in [-0.15, -0.1) is 5.11 Å². The Balaban J connectivity index is 2.68. The molecule has 6 nitrogen and oxygen atoms in total. The molecule has 2 atom stereocenters. The van der Waals surface area contributed by atoms with Crippen LogP contribution >= 0.6 is 12.2 Å². The molecule has 8 heteroatoms. The Hall–Kier alpha value is -0.280. The Bertz CT molecular complexity index is 219. The maximum Gasteiger partial charge on any atom is 0.210 e. The molecule has 1 N–H and O–H groups in total. The van der Waals surface area contributed by atoms with E-state index in [-0.39, 0.29) is 4.70 Å². The van der Waals surface area contributed by atoms with Crippen LogP contribution in [-0.2, 0) is 11.3 Å². The van der Waals surface area contributed by atoms with Crippen molar-refractivity contribution < 1.29 is 13.5 Å². The van der Waals surface area contributed by atoms with Crippen molar-refractivity contribution in [3.8, 4) is 0 Å². The lowest BCUT2D eigenvalue weighted by Gasteiger charge is -2.20. The molecule has 0 aromatic heterocycles. The van der Waals surface area contributed by atoms with Crippen molar-refractivity contribution in [1.29, 1.82) is 0 Å². The van der Waals surface area contributed by atoms with Gasteiger partial charge in [0.2, 0.25) is 5.49 Å². The molecule has 0 fully saturated rings. The lowest BCUT2D eigenvalue weighted by atomic mass is 10.6. The molecule has 1 aliphatic rings. The molecule has 2 unspecified atom stereocenters. The van der Waals surface area contributed by atoms with Crippen LogP contribution < -0.4 is 4.83 Å². The third-order valence-electron chi connectivity index (χ3n) is 1.17. The topological polar surface area (TPSA) is 76.9 Å². The first kappa shape index (κ1) is 8.81. The lowest BCUT2D eigenvalue weighted by Crippen LogP contribution is -2.52. The lowest BCUT2D eigenvalue weighted by molar-refractivity contribution is -0.865. The largest absolute Gasteiger partial charge is 0.756 e. The van der Waals surface area contributed by atoms with E-state index < -0.39 is 11.3 Å². The predicted molar refractivity (Wildman–Crippen MR) is 40.6 cm³/mol. The molecule has 62 valence electrons. The van der Waals surface area contributed by atoms with Gasteiger partial charge in [0.25, 0.3) is 0 Å². The highest BCUT2D eigenvalue weighted by Gasteiger charge is 2.30. The molecule has 0 radical (unpaired) electrons. The molecule has 0 aromatic carbocycles. The number of rotatable bonds is 3. The molecular weight excluding hydrogens is 188 g/mol. The highest BCUT2D eigenvalue weighted by molar-refractivity contribution is 7.78. The van der Waals surface area contributed by atoms with Gasteiger partial charge in [0, 0.05) is 0 Å². The summed E-state index contributed by atoms with van der Waals surface area (Å²) < 4.78 is 20.1. The highest BCUT2D eigenvalue weighted by Crippen LogP contribution is 2.07. The second kappa shape index (κ2) is 3.41. The molecule has 0 saturated carbocycles. The number of quaternary nitrogens is 1. The van der Waals surface area contributed by atoms with Crippen molar-refractivity contribution >= 4 is 29.0 Å². The van der Waals surface area contributed by atoms with Crippen molar-refractivity contribution in [2.75, 3.05) is 13.1 Å². The average Bonchev–Trinajstić information content (AvgIpc) is 2.36. The number of thiocarbonyl (C=S) groups is 1. The van der Waals surface area contributed by atoms with E-state index in [1.807, 2.05) is 0 Å².